The van der Waals surface area contributed by atoms with Crippen LogP contribution in [0.1, 0.15) is 50.7 Å². The zero-order valence-electron chi connectivity index (χ0n) is 26.2. The standard InChI is InChI=1S/C29H36N12O6/c1-29(2,21-7-11-23(12-8-21)44-19-25(17-36-40-32)46-27(42)5-3-15-34-38-30)22-9-13-24(14-10-22)45-20-26(18-37-41-33)47-28(43)6-4-16-35-39-31/h7-14,25-26H,3-6,15-20H2,1-2H3. The summed E-state index contributed by atoms with van der Waals surface area (Å²) in [5, 5.41) is 13.7. The molecule has 0 radical (unpaired) electrons. The minimum atomic E-state index is -0.786. The van der Waals surface area contributed by atoms with Crippen LogP contribution in [0.4, 0.5) is 0 Å². The van der Waals surface area contributed by atoms with Crippen molar-refractivity contribution < 1.29 is 28.5 Å². The number of benzene rings is 2. The second kappa shape index (κ2) is 21.0. The molecule has 0 aromatic heterocycles. The summed E-state index contributed by atoms with van der Waals surface area (Å²) in [6, 6.07) is 14.9. The summed E-state index contributed by atoms with van der Waals surface area (Å²) in [4.78, 5) is 34.9. The van der Waals surface area contributed by atoms with E-state index in [1.807, 2.05) is 24.3 Å². The third-order valence-corrected chi connectivity index (χ3v) is 6.72. The molecule has 0 N–H and O–H groups in total. The highest BCUT2D eigenvalue weighted by molar-refractivity contribution is 5.70. The Morgan fingerprint density at radius 3 is 1.34 bits per heavy atom. The molecule has 0 amide bonds. The van der Waals surface area contributed by atoms with Crippen molar-refractivity contribution in [1.29, 1.82) is 0 Å². The molecule has 248 valence electrons. The Kier molecular flexibility index (Phi) is 16.7. The van der Waals surface area contributed by atoms with Gasteiger partial charge in [-0.05, 0) is 70.4 Å². The summed E-state index contributed by atoms with van der Waals surface area (Å²) in [6.45, 7) is 4.24. The molecule has 2 aromatic rings. The number of hydrogen-bond donors (Lipinski definition) is 0. The molecule has 2 aromatic carbocycles. The fourth-order valence-corrected chi connectivity index (χ4v) is 4.15. The second-order valence-electron chi connectivity index (χ2n) is 10.5. The van der Waals surface area contributed by atoms with E-state index in [-0.39, 0.29) is 52.2 Å². The van der Waals surface area contributed by atoms with Crippen molar-refractivity contribution in [3.8, 4) is 11.5 Å². The lowest BCUT2D eigenvalue weighted by Gasteiger charge is -2.27. The Morgan fingerprint density at radius 1 is 0.638 bits per heavy atom. The normalized spacial score (nSPS) is 11.6. The highest BCUT2D eigenvalue weighted by atomic mass is 16.6. The van der Waals surface area contributed by atoms with E-state index in [9.17, 15) is 9.59 Å². The van der Waals surface area contributed by atoms with Gasteiger partial charge in [0.25, 0.3) is 0 Å². The van der Waals surface area contributed by atoms with E-state index >= 15 is 0 Å². The molecule has 0 aliphatic heterocycles. The van der Waals surface area contributed by atoms with Crippen molar-refractivity contribution in [2.75, 3.05) is 39.4 Å². The van der Waals surface area contributed by atoms with Gasteiger partial charge in [-0.25, -0.2) is 0 Å². The van der Waals surface area contributed by atoms with Gasteiger partial charge in [0.05, 0.1) is 13.1 Å². The first-order valence-electron chi connectivity index (χ1n) is 14.6. The van der Waals surface area contributed by atoms with E-state index < -0.39 is 29.6 Å². The SMILES string of the molecule is CC(C)(c1ccc(OCC(CN=[N+]=[N-])OC(=O)CCCN=[N+]=[N-])cc1)c1ccc(OCC(CN=[N+]=[N-])OC(=O)CCCN=[N+]=[N-])cc1. The van der Waals surface area contributed by atoms with Gasteiger partial charge in [0, 0.05) is 51.0 Å². The molecule has 0 heterocycles. The largest absolute Gasteiger partial charge is 0.490 e. The van der Waals surface area contributed by atoms with E-state index in [4.69, 9.17) is 41.1 Å². The molecule has 0 spiro atoms. The Labute approximate surface area is 270 Å². The Morgan fingerprint density at radius 2 is 1.00 bits per heavy atom. The number of carbonyl (C=O) groups excluding carboxylic acids is 2. The Bertz CT molecular complexity index is 1380. The van der Waals surface area contributed by atoms with Crippen LogP contribution in [0.2, 0.25) is 0 Å². The zero-order valence-corrected chi connectivity index (χ0v) is 26.2. The van der Waals surface area contributed by atoms with Gasteiger partial charge in [0.1, 0.15) is 36.9 Å². The van der Waals surface area contributed by atoms with E-state index in [1.54, 1.807) is 24.3 Å². The molecule has 0 fully saturated rings. The van der Waals surface area contributed by atoms with E-state index in [2.05, 4.69) is 54.0 Å². The molecular formula is C29H36N12O6. The number of rotatable bonds is 22. The van der Waals surface area contributed by atoms with Gasteiger partial charge in [-0.15, -0.1) is 0 Å². The second-order valence-corrected chi connectivity index (χ2v) is 10.5. The molecular weight excluding hydrogens is 612 g/mol. The number of azide groups is 4. The number of esters is 2. The molecule has 0 aliphatic rings. The quantitative estimate of drug-likeness (QED) is 0.0412. The summed E-state index contributed by atoms with van der Waals surface area (Å²) in [6.07, 6.45) is -0.788. The van der Waals surface area contributed by atoms with Crippen LogP contribution in [-0.2, 0) is 24.5 Å². The van der Waals surface area contributed by atoms with Gasteiger partial charge >= 0.3 is 11.9 Å². The molecule has 47 heavy (non-hydrogen) atoms. The highest BCUT2D eigenvalue weighted by Crippen LogP contribution is 2.33. The summed E-state index contributed by atoms with van der Waals surface area (Å²) in [5.74, 6) is 0.0379. The van der Waals surface area contributed by atoms with Crippen LogP contribution in [0, 0.1) is 0 Å². The molecule has 2 atom stereocenters. The van der Waals surface area contributed by atoms with Crippen LogP contribution in [0.15, 0.2) is 69.0 Å². The summed E-state index contributed by atoms with van der Waals surface area (Å²) in [5.41, 5.74) is 35.6. The van der Waals surface area contributed by atoms with Crippen LogP contribution < -0.4 is 9.47 Å². The molecule has 0 saturated heterocycles. The number of nitrogens with zero attached hydrogens (tertiary/aromatic N) is 12. The van der Waals surface area contributed by atoms with Gasteiger partial charge in [-0.2, -0.15) is 0 Å². The minimum absolute atomic E-state index is 0.0222. The van der Waals surface area contributed by atoms with Crippen molar-refractivity contribution in [3.05, 3.63) is 101 Å². The molecule has 2 rings (SSSR count). The van der Waals surface area contributed by atoms with Crippen LogP contribution in [0.25, 0.3) is 41.8 Å². The maximum absolute atomic E-state index is 12.1. The Balaban J connectivity index is 1.97. The fraction of sp³-hybridized carbons (Fsp3) is 0.517. The topological polar surface area (TPSA) is 266 Å². The lowest BCUT2D eigenvalue weighted by Crippen LogP contribution is -2.28. The smallest absolute Gasteiger partial charge is 0.306 e. The van der Waals surface area contributed by atoms with E-state index in [0.717, 1.165) is 11.1 Å². The van der Waals surface area contributed by atoms with Crippen molar-refractivity contribution in [2.24, 2.45) is 20.5 Å². The summed E-state index contributed by atoms with van der Waals surface area (Å²) < 4.78 is 22.3. The van der Waals surface area contributed by atoms with Crippen LogP contribution in [-0.4, -0.2) is 63.5 Å². The highest BCUT2D eigenvalue weighted by Gasteiger charge is 2.24. The van der Waals surface area contributed by atoms with Gasteiger partial charge in [-0.1, -0.05) is 58.6 Å². The third kappa shape index (κ3) is 14.2. The van der Waals surface area contributed by atoms with Crippen LogP contribution in [0.5, 0.6) is 11.5 Å². The number of hydrogen-bond acceptors (Lipinski definition) is 10. The maximum Gasteiger partial charge on any atom is 0.306 e. The van der Waals surface area contributed by atoms with Gasteiger partial charge in [0.2, 0.25) is 0 Å². The van der Waals surface area contributed by atoms with E-state index in [1.165, 1.54) is 0 Å². The minimum Gasteiger partial charge on any atom is -0.490 e. The number of ether oxygens (including phenoxy) is 4. The Hall–Kier alpha value is -5.78. The van der Waals surface area contributed by atoms with Crippen LogP contribution in [0.3, 0.4) is 0 Å². The lowest BCUT2D eigenvalue weighted by atomic mass is 9.78. The van der Waals surface area contributed by atoms with Gasteiger partial charge in [-0.3, -0.25) is 9.59 Å². The summed E-state index contributed by atoms with van der Waals surface area (Å²) >= 11 is 0. The van der Waals surface area contributed by atoms with Crippen molar-refractivity contribution in [2.45, 2.75) is 57.2 Å². The molecule has 0 bridgehead atoms. The lowest BCUT2D eigenvalue weighted by molar-refractivity contribution is -0.151. The van der Waals surface area contributed by atoms with Crippen molar-refractivity contribution in [3.63, 3.8) is 0 Å². The molecule has 18 nitrogen and oxygen atoms in total. The van der Waals surface area contributed by atoms with Crippen molar-refractivity contribution in [1.82, 2.24) is 0 Å². The molecule has 0 saturated carbocycles. The monoisotopic (exact) mass is 648 g/mol. The predicted molar refractivity (Wildman–Crippen MR) is 170 cm³/mol. The first kappa shape index (κ1) is 37.4. The first-order chi connectivity index (χ1) is 22.7. The number of carbonyl (C=O) groups is 2. The van der Waals surface area contributed by atoms with E-state index in [0.29, 0.717) is 24.3 Å². The van der Waals surface area contributed by atoms with Gasteiger partial charge < -0.3 is 18.9 Å². The molecule has 18 heteroatoms. The first-order valence-corrected chi connectivity index (χ1v) is 14.6. The van der Waals surface area contributed by atoms with Crippen molar-refractivity contribution >= 4 is 11.9 Å². The average Bonchev–Trinajstić information content (AvgIpc) is 3.08. The average molecular weight is 649 g/mol. The molecule has 2 unspecified atom stereocenters. The zero-order chi connectivity index (χ0) is 34.3. The molecule has 0 aliphatic carbocycles. The van der Waals surface area contributed by atoms with Crippen LogP contribution >= 0.6 is 0 Å². The maximum atomic E-state index is 12.1. The summed E-state index contributed by atoms with van der Waals surface area (Å²) in [7, 11) is 0. The predicted octanol–water partition coefficient (Wildman–Crippen LogP) is 7.40. The fourth-order valence-electron chi connectivity index (χ4n) is 4.15. The van der Waals surface area contributed by atoms with Gasteiger partial charge in [0.15, 0.2) is 0 Å². The third-order valence-electron chi connectivity index (χ3n) is 6.72.